The third kappa shape index (κ3) is 2.79. The van der Waals surface area contributed by atoms with Gasteiger partial charge in [0.15, 0.2) is 5.82 Å². The summed E-state index contributed by atoms with van der Waals surface area (Å²) in [5.41, 5.74) is 0.0490. The highest BCUT2D eigenvalue weighted by atomic mass is 35.5. The number of pyridine rings is 1. The Hall–Kier alpha value is -2.21. The maximum atomic E-state index is 13.6. The van der Waals surface area contributed by atoms with Gasteiger partial charge in [-0.1, -0.05) is 12.1 Å². The molecule has 0 amide bonds. The maximum Gasteiger partial charge on any atom is 0.314 e. The van der Waals surface area contributed by atoms with Crippen LogP contribution in [0.3, 0.4) is 0 Å². The number of halogens is 2. The van der Waals surface area contributed by atoms with Gasteiger partial charge in [-0.05, 0) is 12.1 Å². The maximum absolute atomic E-state index is 13.6. The van der Waals surface area contributed by atoms with Gasteiger partial charge in [0.25, 0.3) is 0 Å². The van der Waals surface area contributed by atoms with Crippen molar-refractivity contribution >= 4 is 17.3 Å². The van der Waals surface area contributed by atoms with E-state index in [0.29, 0.717) is 5.56 Å². The van der Waals surface area contributed by atoms with Crippen LogP contribution in [0.2, 0.25) is 0 Å². The molecule has 0 saturated carbocycles. The first-order valence-electron chi connectivity index (χ1n) is 5.24. The molecule has 0 radical (unpaired) electrons. The van der Waals surface area contributed by atoms with Crippen LogP contribution in [0.1, 0.15) is 5.56 Å². The molecule has 0 fully saturated rings. The fourth-order valence-corrected chi connectivity index (χ4v) is 1.66. The fraction of sp³-hybridized carbons (Fsp3) is 0.0833. The molecule has 1 heterocycles. The molecule has 0 N–H and O–H groups in total. The van der Waals surface area contributed by atoms with E-state index in [1.54, 1.807) is 12.1 Å². The summed E-state index contributed by atoms with van der Waals surface area (Å²) in [6, 6.07) is 6.75. The number of alkyl halides is 1. The topological polar surface area (TPSA) is 65.3 Å². The van der Waals surface area contributed by atoms with Crippen molar-refractivity contribution in [1.29, 1.82) is 0 Å². The fourth-order valence-electron chi connectivity index (χ4n) is 1.46. The lowest BCUT2D eigenvalue weighted by Crippen LogP contribution is -1.99. The van der Waals surface area contributed by atoms with Crippen molar-refractivity contribution in [3.05, 3.63) is 58.0 Å². The number of hydrogen-bond acceptors (Lipinski definition) is 4. The number of nitro benzene ring substituents is 1. The van der Waals surface area contributed by atoms with E-state index in [-0.39, 0.29) is 11.8 Å². The minimum absolute atomic E-state index is 0.0469. The van der Waals surface area contributed by atoms with Gasteiger partial charge in [0.05, 0.1) is 10.8 Å². The van der Waals surface area contributed by atoms with E-state index in [4.69, 9.17) is 16.3 Å². The number of nitrogens with zero attached hydrogens (tertiary/aromatic N) is 2. The van der Waals surface area contributed by atoms with E-state index in [9.17, 15) is 14.5 Å². The van der Waals surface area contributed by atoms with E-state index in [2.05, 4.69) is 4.98 Å². The molecular formula is C12H8ClFN2O3. The normalized spacial score (nSPS) is 10.2. The molecule has 1 aromatic carbocycles. The Labute approximate surface area is 112 Å². The number of ether oxygens (including phenoxy) is 1. The number of hydrogen-bond donors (Lipinski definition) is 0. The molecule has 0 aliphatic rings. The van der Waals surface area contributed by atoms with E-state index in [0.717, 1.165) is 12.1 Å². The summed E-state index contributed by atoms with van der Waals surface area (Å²) in [4.78, 5) is 14.0. The summed E-state index contributed by atoms with van der Waals surface area (Å²) < 4.78 is 18.9. The van der Waals surface area contributed by atoms with Gasteiger partial charge in [-0.2, -0.15) is 0 Å². The third-order valence-corrected chi connectivity index (χ3v) is 2.62. The van der Waals surface area contributed by atoms with Gasteiger partial charge in [0.1, 0.15) is 0 Å². The standard InChI is InChI=1S/C12H8ClFN2O3/c13-7-8-3-2-6-15-12(8)19-11-9(14)4-1-5-10(11)16(17)18/h1-6H,7H2. The van der Waals surface area contributed by atoms with Crippen molar-refractivity contribution in [3.8, 4) is 11.6 Å². The highest BCUT2D eigenvalue weighted by Crippen LogP contribution is 2.34. The van der Waals surface area contributed by atoms with E-state index in [1.807, 2.05) is 0 Å². The second kappa shape index (κ2) is 5.62. The minimum atomic E-state index is -0.833. The third-order valence-electron chi connectivity index (χ3n) is 2.34. The molecular weight excluding hydrogens is 275 g/mol. The average Bonchev–Trinajstić information content (AvgIpc) is 2.41. The first kappa shape index (κ1) is 13.2. The van der Waals surface area contributed by atoms with Crippen LogP contribution in [-0.2, 0) is 5.88 Å². The molecule has 2 rings (SSSR count). The molecule has 0 bridgehead atoms. The molecule has 0 aliphatic carbocycles. The molecule has 19 heavy (non-hydrogen) atoms. The van der Waals surface area contributed by atoms with Crippen LogP contribution >= 0.6 is 11.6 Å². The van der Waals surface area contributed by atoms with Crippen molar-refractivity contribution in [2.45, 2.75) is 5.88 Å². The van der Waals surface area contributed by atoms with Crippen molar-refractivity contribution in [3.63, 3.8) is 0 Å². The zero-order chi connectivity index (χ0) is 13.8. The van der Waals surface area contributed by atoms with Crippen LogP contribution in [-0.4, -0.2) is 9.91 Å². The number of rotatable bonds is 4. The molecule has 0 atom stereocenters. The molecule has 0 unspecified atom stereocenters. The average molecular weight is 283 g/mol. The second-order valence-corrected chi connectivity index (χ2v) is 3.82. The predicted molar refractivity (Wildman–Crippen MR) is 66.9 cm³/mol. The summed E-state index contributed by atoms with van der Waals surface area (Å²) in [5.74, 6) is -1.16. The Morgan fingerprint density at radius 1 is 1.37 bits per heavy atom. The van der Waals surface area contributed by atoms with Crippen LogP contribution in [0, 0.1) is 15.9 Å². The highest BCUT2D eigenvalue weighted by molar-refractivity contribution is 6.17. The number of para-hydroxylation sites is 1. The van der Waals surface area contributed by atoms with Crippen molar-refractivity contribution in [2.24, 2.45) is 0 Å². The highest BCUT2D eigenvalue weighted by Gasteiger charge is 2.21. The summed E-state index contributed by atoms with van der Waals surface area (Å²) in [5, 5.41) is 10.8. The van der Waals surface area contributed by atoms with Crippen LogP contribution in [0.4, 0.5) is 10.1 Å². The molecule has 0 saturated heterocycles. The lowest BCUT2D eigenvalue weighted by atomic mass is 10.2. The van der Waals surface area contributed by atoms with E-state index in [1.165, 1.54) is 12.3 Å². The van der Waals surface area contributed by atoms with Gasteiger partial charge in [-0.15, -0.1) is 11.6 Å². The van der Waals surface area contributed by atoms with Crippen molar-refractivity contribution in [1.82, 2.24) is 4.98 Å². The lowest BCUT2D eigenvalue weighted by molar-refractivity contribution is -0.385. The monoisotopic (exact) mass is 282 g/mol. The van der Waals surface area contributed by atoms with E-state index < -0.39 is 22.2 Å². The van der Waals surface area contributed by atoms with Gasteiger partial charge in [-0.25, -0.2) is 9.37 Å². The van der Waals surface area contributed by atoms with Crippen molar-refractivity contribution in [2.75, 3.05) is 0 Å². The Balaban J connectivity index is 2.46. The van der Waals surface area contributed by atoms with Crippen LogP contribution in [0.25, 0.3) is 0 Å². The van der Waals surface area contributed by atoms with E-state index >= 15 is 0 Å². The first-order valence-corrected chi connectivity index (χ1v) is 5.77. The zero-order valence-electron chi connectivity index (χ0n) is 9.55. The summed E-state index contributed by atoms with van der Waals surface area (Å²) in [7, 11) is 0. The number of aromatic nitrogens is 1. The van der Waals surface area contributed by atoms with Gasteiger partial charge >= 0.3 is 5.69 Å². The van der Waals surface area contributed by atoms with Gasteiger partial charge in [0.2, 0.25) is 11.6 Å². The Bertz CT molecular complexity index is 622. The van der Waals surface area contributed by atoms with Crippen molar-refractivity contribution < 1.29 is 14.1 Å². The quantitative estimate of drug-likeness (QED) is 0.487. The largest absolute Gasteiger partial charge is 0.428 e. The molecule has 2 aromatic rings. The Morgan fingerprint density at radius 3 is 2.84 bits per heavy atom. The predicted octanol–water partition coefficient (Wildman–Crippen LogP) is 3.66. The molecule has 98 valence electrons. The minimum Gasteiger partial charge on any atom is -0.428 e. The van der Waals surface area contributed by atoms with Crippen LogP contribution in [0.5, 0.6) is 11.6 Å². The Kier molecular flexibility index (Phi) is 3.91. The summed E-state index contributed by atoms with van der Waals surface area (Å²) in [6.07, 6.45) is 1.43. The zero-order valence-corrected chi connectivity index (χ0v) is 10.3. The van der Waals surface area contributed by atoms with Crippen LogP contribution in [0.15, 0.2) is 36.5 Å². The molecule has 0 aliphatic heterocycles. The smallest absolute Gasteiger partial charge is 0.314 e. The molecule has 1 aromatic heterocycles. The van der Waals surface area contributed by atoms with Gasteiger partial charge in [0, 0.05) is 17.8 Å². The lowest BCUT2D eigenvalue weighted by Gasteiger charge is -2.08. The van der Waals surface area contributed by atoms with Gasteiger partial charge < -0.3 is 4.74 Å². The number of benzene rings is 1. The Morgan fingerprint density at radius 2 is 2.16 bits per heavy atom. The molecule has 5 nitrogen and oxygen atoms in total. The SMILES string of the molecule is O=[N+]([O-])c1cccc(F)c1Oc1ncccc1CCl. The second-order valence-electron chi connectivity index (χ2n) is 3.55. The summed E-state index contributed by atoms with van der Waals surface area (Å²) in [6.45, 7) is 0. The molecule has 7 heteroatoms. The summed E-state index contributed by atoms with van der Waals surface area (Å²) >= 11 is 5.69. The molecule has 0 spiro atoms. The van der Waals surface area contributed by atoms with Crippen LogP contribution < -0.4 is 4.74 Å². The first-order chi connectivity index (χ1) is 9.13. The van der Waals surface area contributed by atoms with Gasteiger partial charge in [-0.3, -0.25) is 10.1 Å². The number of nitro groups is 1.